The number of hydrogen-bond acceptors (Lipinski definition) is 5. The van der Waals surface area contributed by atoms with Crippen LogP contribution in [0.3, 0.4) is 0 Å². The van der Waals surface area contributed by atoms with E-state index in [2.05, 4.69) is 49.7 Å². The predicted octanol–water partition coefficient (Wildman–Crippen LogP) is 4.26. The van der Waals surface area contributed by atoms with E-state index in [1.807, 2.05) is 32.9 Å². The van der Waals surface area contributed by atoms with Crippen molar-refractivity contribution in [1.82, 2.24) is 14.6 Å². The van der Waals surface area contributed by atoms with E-state index < -0.39 is 5.54 Å². The lowest BCUT2D eigenvalue weighted by Gasteiger charge is -2.27. The van der Waals surface area contributed by atoms with Gasteiger partial charge in [0, 0.05) is 52.0 Å². The number of rotatable bonds is 6. The van der Waals surface area contributed by atoms with Crippen molar-refractivity contribution in [3.05, 3.63) is 23.9 Å². The van der Waals surface area contributed by atoms with Gasteiger partial charge in [0.15, 0.2) is 0 Å². The Balaban J connectivity index is 0.000000758. The second kappa shape index (κ2) is 9.59. The van der Waals surface area contributed by atoms with E-state index in [4.69, 9.17) is 4.74 Å². The molecule has 1 saturated carbocycles. The number of carbonyl (C=O) groups is 1. The second-order valence-electron chi connectivity index (χ2n) is 7.76. The predicted molar refractivity (Wildman–Crippen MR) is 116 cm³/mol. The lowest BCUT2D eigenvalue weighted by molar-refractivity contribution is -0.125. The number of amides is 1. The van der Waals surface area contributed by atoms with Crippen LogP contribution in [0.15, 0.2) is 18.3 Å². The standard InChI is InChI=1S/C16H22IN3O2S.C3H8/c1-10-5-4-6-18-15(10)22-9-16(2,3)19-14(21)13-11-7-20(23-17)8-12(11)13;1-3-2/h4-6,11-13H,7-9H2,1-3H3,(H,19,21);3H2,1-2H3. The summed E-state index contributed by atoms with van der Waals surface area (Å²) in [6.07, 6.45) is 2.97. The number of aryl methyl sites for hydroxylation is 1. The van der Waals surface area contributed by atoms with Gasteiger partial charge in [0.1, 0.15) is 6.61 Å². The molecule has 1 amide bonds. The Hall–Kier alpha value is -0.540. The first-order valence-electron chi connectivity index (χ1n) is 9.23. The van der Waals surface area contributed by atoms with Crippen LogP contribution < -0.4 is 10.1 Å². The van der Waals surface area contributed by atoms with E-state index in [0.29, 0.717) is 24.3 Å². The molecule has 1 N–H and O–H groups in total. The van der Waals surface area contributed by atoms with Gasteiger partial charge in [-0.2, -0.15) is 0 Å². The molecule has 2 atom stereocenters. The van der Waals surface area contributed by atoms with E-state index >= 15 is 0 Å². The number of pyridine rings is 1. The van der Waals surface area contributed by atoms with Gasteiger partial charge in [0.25, 0.3) is 0 Å². The van der Waals surface area contributed by atoms with Gasteiger partial charge in [0.2, 0.25) is 11.8 Å². The molecule has 26 heavy (non-hydrogen) atoms. The molecule has 2 fully saturated rings. The normalized spacial score (nSPS) is 24.3. The topological polar surface area (TPSA) is 54.5 Å². The minimum absolute atomic E-state index is 0.171. The first kappa shape index (κ1) is 21.8. The van der Waals surface area contributed by atoms with Gasteiger partial charge in [-0.3, -0.25) is 4.79 Å². The molecule has 1 saturated heterocycles. The van der Waals surface area contributed by atoms with E-state index in [0.717, 1.165) is 18.7 Å². The fourth-order valence-electron chi connectivity index (χ4n) is 3.26. The minimum atomic E-state index is -0.407. The van der Waals surface area contributed by atoms with E-state index in [9.17, 15) is 4.79 Å². The highest BCUT2D eigenvalue weighted by molar-refractivity contribution is 14.2. The third kappa shape index (κ3) is 5.73. The number of carbonyl (C=O) groups excluding carboxylic acids is 1. The molecular formula is C19H30IN3O2S. The third-order valence-corrected chi connectivity index (χ3v) is 6.72. The highest BCUT2D eigenvalue weighted by Crippen LogP contribution is 2.53. The smallest absolute Gasteiger partial charge is 0.224 e. The summed E-state index contributed by atoms with van der Waals surface area (Å²) >= 11 is 2.31. The maximum atomic E-state index is 12.5. The van der Waals surface area contributed by atoms with E-state index in [1.165, 1.54) is 6.42 Å². The molecule has 2 aliphatic rings. The van der Waals surface area contributed by atoms with E-state index in [-0.39, 0.29) is 11.8 Å². The zero-order valence-electron chi connectivity index (χ0n) is 16.3. The fourth-order valence-corrected chi connectivity index (χ4v) is 4.68. The van der Waals surface area contributed by atoms with Gasteiger partial charge < -0.3 is 10.1 Å². The van der Waals surface area contributed by atoms with Gasteiger partial charge >= 0.3 is 0 Å². The van der Waals surface area contributed by atoms with Gasteiger partial charge in [-0.05, 0) is 47.8 Å². The van der Waals surface area contributed by atoms with Crippen LogP contribution >= 0.6 is 30.3 Å². The number of ether oxygens (including phenoxy) is 1. The Bertz CT molecular complexity index is 602. The molecule has 0 radical (unpaired) electrons. The highest BCUT2D eigenvalue weighted by Gasteiger charge is 2.59. The maximum absolute atomic E-state index is 12.5. The summed E-state index contributed by atoms with van der Waals surface area (Å²) in [5.41, 5.74) is 0.595. The van der Waals surface area contributed by atoms with Crippen LogP contribution in [-0.4, -0.2) is 40.4 Å². The molecule has 2 unspecified atom stereocenters. The average Bonchev–Trinajstić information content (AvgIpc) is 3.10. The molecule has 146 valence electrons. The Morgan fingerprint density at radius 2 is 2.04 bits per heavy atom. The summed E-state index contributed by atoms with van der Waals surface area (Å²) in [6.45, 7) is 12.7. The number of fused-ring (bicyclic) bond motifs is 1. The van der Waals surface area contributed by atoms with Crippen LogP contribution in [0, 0.1) is 24.7 Å². The second-order valence-corrected chi connectivity index (χ2v) is 9.60. The van der Waals surface area contributed by atoms with Crippen LogP contribution in [0.1, 0.15) is 39.7 Å². The number of hydrogen-bond donors (Lipinski definition) is 1. The third-order valence-electron chi connectivity index (χ3n) is 4.55. The van der Waals surface area contributed by atoms with Crippen molar-refractivity contribution in [2.75, 3.05) is 19.7 Å². The zero-order chi connectivity index (χ0) is 19.3. The Morgan fingerprint density at radius 3 is 2.58 bits per heavy atom. The van der Waals surface area contributed by atoms with Crippen LogP contribution in [0.2, 0.25) is 0 Å². The number of nitrogens with one attached hydrogen (secondary N) is 1. The average molecular weight is 491 g/mol. The molecule has 1 aromatic heterocycles. The molecule has 3 rings (SSSR count). The molecule has 0 bridgehead atoms. The summed E-state index contributed by atoms with van der Waals surface area (Å²) in [6, 6.07) is 3.86. The number of piperidine rings is 1. The minimum Gasteiger partial charge on any atom is -0.475 e. The zero-order valence-corrected chi connectivity index (χ0v) is 19.3. The first-order valence-corrected chi connectivity index (χ1v) is 12.5. The van der Waals surface area contributed by atoms with Gasteiger partial charge in [-0.1, -0.05) is 26.3 Å². The van der Waals surface area contributed by atoms with Crippen molar-refractivity contribution < 1.29 is 9.53 Å². The highest BCUT2D eigenvalue weighted by atomic mass is 127. The Morgan fingerprint density at radius 1 is 1.42 bits per heavy atom. The Kier molecular flexibility index (Phi) is 8.03. The van der Waals surface area contributed by atoms with Gasteiger partial charge in [0.05, 0.1) is 5.54 Å². The van der Waals surface area contributed by atoms with Crippen LogP contribution in [0.4, 0.5) is 0 Å². The number of aromatic nitrogens is 1. The summed E-state index contributed by atoms with van der Waals surface area (Å²) in [4.78, 5) is 16.7. The van der Waals surface area contributed by atoms with Crippen LogP contribution in [-0.2, 0) is 4.79 Å². The molecule has 1 aliphatic carbocycles. The molecule has 1 aromatic rings. The lowest BCUT2D eigenvalue weighted by atomic mass is 10.1. The van der Waals surface area contributed by atoms with Crippen molar-refractivity contribution in [3.8, 4) is 5.88 Å². The van der Waals surface area contributed by atoms with Crippen molar-refractivity contribution in [3.63, 3.8) is 0 Å². The molecular weight excluding hydrogens is 461 g/mol. The lowest BCUT2D eigenvalue weighted by Crippen LogP contribution is -2.49. The van der Waals surface area contributed by atoms with Gasteiger partial charge in [-0.15, -0.1) is 0 Å². The molecule has 2 heterocycles. The van der Waals surface area contributed by atoms with Crippen molar-refractivity contribution in [1.29, 1.82) is 0 Å². The molecule has 7 heteroatoms. The monoisotopic (exact) mass is 491 g/mol. The Labute approximate surface area is 173 Å². The largest absolute Gasteiger partial charge is 0.475 e. The maximum Gasteiger partial charge on any atom is 0.224 e. The molecule has 5 nitrogen and oxygen atoms in total. The fraction of sp³-hybridized carbons (Fsp3) is 0.684. The SMILES string of the molecule is CCC.Cc1cccnc1OCC(C)(C)NC(=O)C1C2CN(SI)CC21. The summed E-state index contributed by atoms with van der Waals surface area (Å²) < 4.78 is 8.12. The summed E-state index contributed by atoms with van der Waals surface area (Å²) in [5, 5.41) is 3.15. The van der Waals surface area contributed by atoms with Crippen molar-refractivity contribution >= 4 is 36.2 Å². The van der Waals surface area contributed by atoms with Crippen LogP contribution in [0.5, 0.6) is 5.88 Å². The van der Waals surface area contributed by atoms with Crippen LogP contribution in [0.25, 0.3) is 0 Å². The first-order chi connectivity index (χ1) is 12.3. The molecule has 1 aliphatic heterocycles. The van der Waals surface area contributed by atoms with E-state index in [1.54, 1.807) is 15.3 Å². The van der Waals surface area contributed by atoms with Gasteiger partial charge in [-0.25, -0.2) is 9.29 Å². The van der Waals surface area contributed by atoms with Crippen molar-refractivity contribution in [2.24, 2.45) is 17.8 Å². The van der Waals surface area contributed by atoms with Crippen molar-refractivity contribution in [2.45, 2.75) is 46.6 Å². The quantitative estimate of drug-likeness (QED) is 0.476. The molecule has 0 aromatic carbocycles. The summed E-state index contributed by atoms with van der Waals surface area (Å²) in [5.74, 6) is 2.06. The number of nitrogens with zero attached hydrogens (tertiary/aromatic N) is 2. The summed E-state index contributed by atoms with van der Waals surface area (Å²) in [7, 11) is 1.75. The number of halogens is 1. The molecule has 0 spiro atoms.